The van der Waals surface area contributed by atoms with E-state index in [1.165, 1.54) is 13.0 Å². The van der Waals surface area contributed by atoms with Crippen molar-refractivity contribution >= 4 is 17.7 Å². The van der Waals surface area contributed by atoms with E-state index < -0.39 is 53.5 Å². The van der Waals surface area contributed by atoms with Gasteiger partial charge in [0, 0.05) is 17.6 Å². The summed E-state index contributed by atoms with van der Waals surface area (Å²) >= 11 is 0. The maximum atomic E-state index is 12.6. The molecule has 0 unspecified atom stereocenters. The predicted octanol–water partition coefficient (Wildman–Crippen LogP) is 1.85. The largest absolute Gasteiger partial charge is 0.454 e. The molecule has 1 heterocycles. The van der Waals surface area contributed by atoms with Gasteiger partial charge in [-0.2, -0.15) is 0 Å². The van der Waals surface area contributed by atoms with E-state index in [-0.39, 0.29) is 12.0 Å². The fourth-order valence-corrected chi connectivity index (χ4v) is 3.76. The summed E-state index contributed by atoms with van der Waals surface area (Å²) < 4.78 is 10.9. The van der Waals surface area contributed by atoms with E-state index in [4.69, 9.17) is 9.47 Å². The smallest absolute Gasteiger partial charge is 0.334 e. The summed E-state index contributed by atoms with van der Waals surface area (Å²) in [4.78, 5) is 37.1. The molecular weight excluding hydrogens is 364 g/mol. The number of hydrogen-bond acceptors (Lipinski definition) is 7. The first-order valence-electron chi connectivity index (χ1n) is 9.71. The minimum atomic E-state index is -1.53. The fraction of sp³-hybridized carbons (Fsp3) is 0.667. The van der Waals surface area contributed by atoms with Crippen molar-refractivity contribution in [2.24, 2.45) is 11.8 Å². The summed E-state index contributed by atoms with van der Waals surface area (Å²) in [5.41, 5.74) is -0.786. The van der Waals surface area contributed by atoms with Gasteiger partial charge in [0.25, 0.3) is 0 Å². The Labute approximate surface area is 165 Å². The molecule has 2 fully saturated rings. The second-order valence-corrected chi connectivity index (χ2v) is 8.12. The van der Waals surface area contributed by atoms with Gasteiger partial charge in [-0.1, -0.05) is 26.0 Å². The third-order valence-corrected chi connectivity index (χ3v) is 5.78. The van der Waals surface area contributed by atoms with Crippen LogP contribution in [0.3, 0.4) is 0 Å². The normalized spacial score (nSPS) is 37.3. The zero-order chi connectivity index (χ0) is 21.2. The van der Waals surface area contributed by atoms with E-state index >= 15 is 0 Å². The fourth-order valence-electron chi connectivity index (χ4n) is 3.76. The minimum Gasteiger partial charge on any atom is -0.454 e. The third-order valence-electron chi connectivity index (χ3n) is 5.78. The van der Waals surface area contributed by atoms with Crippen molar-refractivity contribution in [1.82, 2.24) is 0 Å². The van der Waals surface area contributed by atoms with Crippen LogP contribution in [0.5, 0.6) is 0 Å². The SMILES string of the molecule is C=C1C(=O)O[C@@H]2[C@@H]1[C@H](O)C(=O)[C@@H](C)CCC[C@](C)(O)[C@H]2OC(=O)/C=C(\C)CC. The van der Waals surface area contributed by atoms with Gasteiger partial charge in [0.15, 0.2) is 18.0 Å². The molecule has 28 heavy (non-hydrogen) atoms. The van der Waals surface area contributed by atoms with Gasteiger partial charge in [0.05, 0.1) is 5.92 Å². The van der Waals surface area contributed by atoms with E-state index in [0.717, 1.165) is 5.57 Å². The zero-order valence-corrected chi connectivity index (χ0v) is 16.9. The Kier molecular flexibility index (Phi) is 6.83. The third kappa shape index (κ3) is 4.52. The molecule has 1 saturated heterocycles. The lowest BCUT2D eigenvalue weighted by Crippen LogP contribution is -2.54. The topological polar surface area (TPSA) is 110 Å². The van der Waals surface area contributed by atoms with E-state index in [9.17, 15) is 24.6 Å². The number of esters is 2. The summed E-state index contributed by atoms with van der Waals surface area (Å²) in [5.74, 6) is -3.39. The summed E-state index contributed by atoms with van der Waals surface area (Å²) in [5, 5.41) is 21.7. The Morgan fingerprint density at radius 1 is 1.43 bits per heavy atom. The number of aliphatic hydroxyl groups excluding tert-OH is 1. The minimum absolute atomic E-state index is 0.0595. The van der Waals surface area contributed by atoms with Crippen LogP contribution in [0.25, 0.3) is 0 Å². The quantitative estimate of drug-likeness (QED) is 0.555. The molecule has 1 saturated carbocycles. The standard InChI is InChI=1S/C21H30O7/c1-6-11(2)10-14(22)27-19-18-15(13(4)20(25)28-18)17(24)16(23)12(3)8-7-9-21(19,5)26/h10,12,15,17-19,24,26H,4,6-9H2,1-3,5H3/b11-10+/t12-,15-,17-,18+,19-,21-/m0/s1. The van der Waals surface area contributed by atoms with Crippen LogP contribution in [0.15, 0.2) is 23.8 Å². The monoisotopic (exact) mass is 394 g/mol. The van der Waals surface area contributed by atoms with Crippen molar-refractivity contribution in [3.8, 4) is 0 Å². The highest BCUT2D eigenvalue weighted by molar-refractivity contribution is 5.94. The molecule has 1 aliphatic carbocycles. The lowest BCUT2D eigenvalue weighted by Gasteiger charge is -2.39. The van der Waals surface area contributed by atoms with Gasteiger partial charge in [0.2, 0.25) is 0 Å². The Morgan fingerprint density at radius 2 is 2.07 bits per heavy atom. The number of Topliss-reactive ketones (excluding diaryl/α,β-unsaturated/α-hetero) is 1. The van der Waals surface area contributed by atoms with Crippen LogP contribution in [0, 0.1) is 11.8 Å². The molecule has 1 aliphatic heterocycles. The van der Waals surface area contributed by atoms with Crippen LogP contribution in [-0.4, -0.2) is 51.8 Å². The van der Waals surface area contributed by atoms with Gasteiger partial charge in [0.1, 0.15) is 11.7 Å². The Balaban J connectivity index is 2.46. The molecule has 0 radical (unpaired) electrons. The molecule has 7 nitrogen and oxygen atoms in total. The molecular formula is C21H30O7. The van der Waals surface area contributed by atoms with E-state index in [1.807, 2.05) is 6.92 Å². The maximum absolute atomic E-state index is 12.6. The van der Waals surface area contributed by atoms with Crippen molar-refractivity contribution in [2.75, 3.05) is 0 Å². The highest BCUT2D eigenvalue weighted by Crippen LogP contribution is 2.39. The highest BCUT2D eigenvalue weighted by atomic mass is 16.6. The number of carbonyl (C=O) groups is 3. The van der Waals surface area contributed by atoms with Crippen LogP contribution < -0.4 is 0 Å². The molecule has 6 atom stereocenters. The van der Waals surface area contributed by atoms with E-state index in [2.05, 4.69) is 6.58 Å². The Hall–Kier alpha value is -1.99. The molecule has 7 heteroatoms. The zero-order valence-electron chi connectivity index (χ0n) is 16.9. The van der Waals surface area contributed by atoms with Gasteiger partial charge in [-0.15, -0.1) is 0 Å². The number of ketones is 1. The Morgan fingerprint density at radius 3 is 2.68 bits per heavy atom. The van der Waals surface area contributed by atoms with Crippen molar-refractivity contribution in [2.45, 2.75) is 77.3 Å². The van der Waals surface area contributed by atoms with Crippen molar-refractivity contribution < 1.29 is 34.1 Å². The molecule has 2 N–H and O–H groups in total. The first-order valence-corrected chi connectivity index (χ1v) is 9.71. The number of carbonyl (C=O) groups excluding carboxylic acids is 3. The van der Waals surface area contributed by atoms with Gasteiger partial charge >= 0.3 is 11.9 Å². The maximum Gasteiger partial charge on any atom is 0.334 e. The first-order chi connectivity index (χ1) is 13.0. The molecule has 0 aromatic heterocycles. The second kappa shape index (κ2) is 8.57. The summed E-state index contributed by atoms with van der Waals surface area (Å²) in [7, 11) is 0. The summed E-state index contributed by atoms with van der Waals surface area (Å²) in [6, 6.07) is 0. The lowest BCUT2D eigenvalue weighted by molar-refractivity contribution is -0.187. The first kappa shape index (κ1) is 22.3. The van der Waals surface area contributed by atoms with Crippen molar-refractivity contribution in [3.05, 3.63) is 23.8 Å². The van der Waals surface area contributed by atoms with Crippen LogP contribution in [0.2, 0.25) is 0 Å². The molecule has 0 spiro atoms. The van der Waals surface area contributed by atoms with Crippen molar-refractivity contribution in [1.29, 1.82) is 0 Å². The highest BCUT2D eigenvalue weighted by Gasteiger charge is 2.55. The summed E-state index contributed by atoms with van der Waals surface area (Å²) in [6.45, 7) is 10.5. The van der Waals surface area contributed by atoms with Crippen LogP contribution in [0.1, 0.15) is 53.4 Å². The molecule has 156 valence electrons. The van der Waals surface area contributed by atoms with Crippen LogP contribution in [0.4, 0.5) is 0 Å². The van der Waals surface area contributed by atoms with Gasteiger partial charge in [-0.3, -0.25) is 4.79 Å². The molecule has 0 aromatic carbocycles. The average Bonchev–Trinajstić information content (AvgIpc) is 2.91. The number of allylic oxidation sites excluding steroid dienone is 1. The lowest BCUT2D eigenvalue weighted by atomic mass is 9.76. The average molecular weight is 394 g/mol. The predicted molar refractivity (Wildman–Crippen MR) is 101 cm³/mol. The number of aliphatic hydroxyl groups is 2. The molecule has 0 bridgehead atoms. The number of rotatable bonds is 3. The van der Waals surface area contributed by atoms with Crippen LogP contribution in [-0.2, 0) is 23.9 Å². The van der Waals surface area contributed by atoms with Crippen molar-refractivity contribution in [3.63, 3.8) is 0 Å². The number of fused-ring (bicyclic) bond motifs is 1. The molecule has 0 aromatic rings. The molecule has 2 rings (SSSR count). The van der Waals surface area contributed by atoms with Gasteiger partial charge < -0.3 is 19.7 Å². The van der Waals surface area contributed by atoms with E-state index in [0.29, 0.717) is 19.3 Å². The summed E-state index contributed by atoms with van der Waals surface area (Å²) in [6.07, 6.45) is -0.817. The van der Waals surface area contributed by atoms with Crippen LogP contribution >= 0.6 is 0 Å². The number of hydrogen-bond donors (Lipinski definition) is 2. The molecule has 0 amide bonds. The second-order valence-electron chi connectivity index (χ2n) is 8.12. The number of ether oxygens (including phenoxy) is 2. The molecule has 2 aliphatic rings. The van der Waals surface area contributed by atoms with Gasteiger partial charge in [-0.25, -0.2) is 9.59 Å². The Bertz CT molecular complexity index is 691. The van der Waals surface area contributed by atoms with E-state index in [1.54, 1.807) is 13.8 Å². The van der Waals surface area contributed by atoms with Gasteiger partial charge in [-0.05, 0) is 39.5 Å².